The molecule has 1 amide bonds. The average Bonchev–Trinajstić information content (AvgIpc) is 3.23. The van der Waals surface area contributed by atoms with E-state index in [1.807, 2.05) is 13.0 Å². The number of hydrogen-bond acceptors (Lipinski definition) is 4. The van der Waals surface area contributed by atoms with Crippen molar-refractivity contribution in [1.29, 1.82) is 0 Å². The summed E-state index contributed by atoms with van der Waals surface area (Å²) < 4.78 is 3.08. The number of carbonyl (C=O) groups excluding carboxylic acids is 1. The summed E-state index contributed by atoms with van der Waals surface area (Å²) in [5.41, 5.74) is 2.03. The van der Waals surface area contributed by atoms with Gasteiger partial charge in [-0.05, 0) is 30.7 Å². The van der Waals surface area contributed by atoms with Gasteiger partial charge in [0.1, 0.15) is 5.69 Å². The molecule has 28 heavy (non-hydrogen) atoms. The summed E-state index contributed by atoms with van der Waals surface area (Å²) in [7, 11) is 0. The third kappa shape index (κ3) is 4.71. The summed E-state index contributed by atoms with van der Waals surface area (Å²) in [5.74, 6) is -0.992. The maximum absolute atomic E-state index is 12.5. The van der Waals surface area contributed by atoms with Crippen LogP contribution >= 0.6 is 23.2 Å². The van der Waals surface area contributed by atoms with Gasteiger partial charge in [-0.2, -0.15) is 10.2 Å². The standard InChI is InChI=1S/C18H17Cl2N5O3/c1-11-8-16(23-25(11)10-12-2-3-13(19)14(20)9-12)22-18(28)15-4-6-21-24(15)7-5-17(26)27/h2-4,6,8-9H,5,7,10H2,1H3,(H,26,27)(H,22,23,28). The summed E-state index contributed by atoms with van der Waals surface area (Å²) in [6.45, 7) is 2.45. The van der Waals surface area contributed by atoms with Gasteiger partial charge in [-0.1, -0.05) is 29.3 Å². The second-order valence-corrected chi connectivity index (χ2v) is 6.93. The number of nitrogens with one attached hydrogen (secondary N) is 1. The quantitative estimate of drug-likeness (QED) is 0.607. The molecular weight excluding hydrogens is 405 g/mol. The molecule has 0 saturated carbocycles. The van der Waals surface area contributed by atoms with Gasteiger partial charge in [0.15, 0.2) is 5.82 Å². The Morgan fingerprint density at radius 2 is 1.93 bits per heavy atom. The third-order valence-corrected chi connectivity index (χ3v) is 4.76. The molecule has 2 N–H and O–H groups in total. The number of hydrogen-bond donors (Lipinski definition) is 2. The fraction of sp³-hybridized carbons (Fsp3) is 0.222. The Kier molecular flexibility index (Phi) is 6.01. The Hall–Kier alpha value is -2.84. The summed E-state index contributed by atoms with van der Waals surface area (Å²) in [6.07, 6.45) is 1.32. The lowest BCUT2D eigenvalue weighted by molar-refractivity contribution is -0.137. The maximum Gasteiger partial charge on any atom is 0.305 e. The molecule has 2 aromatic heterocycles. The van der Waals surface area contributed by atoms with Gasteiger partial charge in [-0.3, -0.25) is 19.0 Å². The van der Waals surface area contributed by atoms with E-state index < -0.39 is 11.9 Å². The number of carbonyl (C=O) groups is 2. The Balaban J connectivity index is 1.71. The number of carboxylic acid groups (broad SMARTS) is 1. The molecule has 3 aromatic rings. The molecule has 0 aliphatic carbocycles. The van der Waals surface area contributed by atoms with Gasteiger partial charge >= 0.3 is 5.97 Å². The first-order chi connectivity index (χ1) is 13.3. The van der Waals surface area contributed by atoms with Crippen molar-refractivity contribution in [2.24, 2.45) is 0 Å². The van der Waals surface area contributed by atoms with Crippen LogP contribution in [0.1, 0.15) is 28.2 Å². The Morgan fingerprint density at radius 3 is 2.64 bits per heavy atom. The average molecular weight is 422 g/mol. The van der Waals surface area contributed by atoms with Crippen molar-refractivity contribution in [2.75, 3.05) is 5.32 Å². The molecule has 0 aliphatic heterocycles. The molecular formula is C18H17Cl2N5O3. The van der Waals surface area contributed by atoms with E-state index >= 15 is 0 Å². The molecule has 0 spiro atoms. The summed E-state index contributed by atoms with van der Waals surface area (Å²) in [5, 5.41) is 20.8. The lowest BCUT2D eigenvalue weighted by atomic mass is 10.2. The Bertz CT molecular complexity index is 1030. The summed E-state index contributed by atoms with van der Waals surface area (Å²) in [6, 6.07) is 8.61. The number of nitrogens with zero attached hydrogens (tertiary/aromatic N) is 4. The highest BCUT2D eigenvalue weighted by Crippen LogP contribution is 2.23. The second-order valence-electron chi connectivity index (χ2n) is 6.11. The molecule has 1 aromatic carbocycles. The minimum absolute atomic E-state index is 0.107. The van der Waals surface area contributed by atoms with Crippen LogP contribution in [-0.4, -0.2) is 36.5 Å². The summed E-state index contributed by atoms with van der Waals surface area (Å²) in [4.78, 5) is 23.2. The zero-order valence-electron chi connectivity index (χ0n) is 14.9. The van der Waals surface area contributed by atoms with Crippen LogP contribution in [0.15, 0.2) is 36.5 Å². The van der Waals surface area contributed by atoms with Crippen molar-refractivity contribution in [1.82, 2.24) is 19.6 Å². The lowest BCUT2D eigenvalue weighted by Crippen LogP contribution is -2.19. The molecule has 3 rings (SSSR count). The lowest BCUT2D eigenvalue weighted by Gasteiger charge is -2.07. The van der Waals surface area contributed by atoms with Crippen LogP contribution in [0.3, 0.4) is 0 Å². The second kappa shape index (κ2) is 8.45. The highest BCUT2D eigenvalue weighted by Gasteiger charge is 2.15. The van der Waals surface area contributed by atoms with E-state index in [0.717, 1.165) is 11.3 Å². The van der Waals surface area contributed by atoms with E-state index in [1.165, 1.54) is 16.9 Å². The van der Waals surface area contributed by atoms with Crippen LogP contribution in [0.2, 0.25) is 10.0 Å². The summed E-state index contributed by atoms with van der Waals surface area (Å²) >= 11 is 12.0. The largest absolute Gasteiger partial charge is 0.481 e. The van der Waals surface area contributed by atoms with E-state index in [-0.39, 0.29) is 18.7 Å². The fourth-order valence-corrected chi connectivity index (χ4v) is 2.95. The number of anilines is 1. The molecule has 0 aliphatic rings. The number of aryl methyl sites for hydroxylation is 2. The molecule has 2 heterocycles. The number of rotatable bonds is 7. The van der Waals surface area contributed by atoms with E-state index in [2.05, 4.69) is 15.5 Å². The van der Waals surface area contributed by atoms with Crippen molar-refractivity contribution in [2.45, 2.75) is 26.4 Å². The van der Waals surface area contributed by atoms with Crippen molar-refractivity contribution < 1.29 is 14.7 Å². The number of carboxylic acids is 1. The Labute approximate surface area is 170 Å². The van der Waals surface area contributed by atoms with Gasteiger partial charge in [0.05, 0.1) is 29.6 Å². The Morgan fingerprint density at radius 1 is 1.14 bits per heavy atom. The first-order valence-electron chi connectivity index (χ1n) is 8.37. The topological polar surface area (TPSA) is 102 Å². The van der Waals surface area contributed by atoms with Crippen molar-refractivity contribution in [3.05, 3.63) is 63.5 Å². The molecule has 0 atom stereocenters. The number of benzene rings is 1. The smallest absolute Gasteiger partial charge is 0.305 e. The van der Waals surface area contributed by atoms with E-state index in [1.54, 1.807) is 22.9 Å². The van der Waals surface area contributed by atoms with E-state index in [4.69, 9.17) is 28.3 Å². The highest BCUT2D eigenvalue weighted by molar-refractivity contribution is 6.42. The van der Waals surface area contributed by atoms with Crippen LogP contribution in [0, 0.1) is 6.92 Å². The first-order valence-corrected chi connectivity index (χ1v) is 9.12. The van der Waals surface area contributed by atoms with Gasteiger partial charge in [0.2, 0.25) is 0 Å². The normalized spacial score (nSPS) is 10.8. The van der Waals surface area contributed by atoms with Crippen LogP contribution in [0.4, 0.5) is 5.82 Å². The van der Waals surface area contributed by atoms with Crippen LogP contribution < -0.4 is 5.32 Å². The van der Waals surface area contributed by atoms with E-state index in [9.17, 15) is 9.59 Å². The van der Waals surface area contributed by atoms with Crippen molar-refractivity contribution in [3.8, 4) is 0 Å². The zero-order valence-corrected chi connectivity index (χ0v) is 16.4. The number of amides is 1. The van der Waals surface area contributed by atoms with Gasteiger partial charge in [0, 0.05) is 18.0 Å². The monoisotopic (exact) mass is 421 g/mol. The van der Waals surface area contributed by atoms with Gasteiger partial charge in [-0.25, -0.2) is 0 Å². The molecule has 0 radical (unpaired) electrons. The molecule has 0 saturated heterocycles. The van der Waals surface area contributed by atoms with Crippen molar-refractivity contribution in [3.63, 3.8) is 0 Å². The molecule has 8 nitrogen and oxygen atoms in total. The number of aromatic nitrogens is 4. The van der Waals surface area contributed by atoms with Gasteiger partial charge in [0.25, 0.3) is 5.91 Å². The zero-order chi connectivity index (χ0) is 20.3. The highest BCUT2D eigenvalue weighted by atomic mass is 35.5. The minimum atomic E-state index is -0.960. The number of aliphatic carboxylic acids is 1. The fourth-order valence-electron chi connectivity index (χ4n) is 2.63. The third-order valence-electron chi connectivity index (χ3n) is 4.03. The predicted octanol–water partition coefficient (Wildman–Crippen LogP) is 3.47. The van der Waals surface area contributed by atoms with E-state index in [0.29, 0.717) is 22.4 Å². The minimum Gasteiger partial charge on any atom is -0.481 e. The molecule has 0 fully saturated rings. The molecule has 146 valence electrons. The molecule has 0 bridgehead atoms. The van der Waals surface area contributed by atoms with Crippen LogP contribution in [0.5, 0.6) is 0 Å². The predicted molar refractivity (Wildman–Crippen MR) is 105 cm³/mol. The van der Waals surface area contributed by atoms with Gasteiger partial charge < -0.3 is 10.4 Å². The van der Waals surface area contributed by atoms with Gasteiger partial charge in [-0.15, -0.1) is 0 Å². The SMILES string of the molecule is Cc1cc(NC(=O)c2ccnn2CCC(=O)O)nn1Cc1ccc(Cl)c(Cl)c1. The maximum atomic E-state index is 12.5. The number of halogens is 2. The molecule has 0 unspecified atom stereocenters. The molecule has 10 heteroatoms. The van der Waals surface area contributed by atoms with Crippen molar-refractivity contribution >= 4 is 40.9 Å². The van der Waals surface area contributed by atoms with Crippen LogP contribution in [-0.2, 0) is 17.9 Å². The van der Waals surface area contributed by atoms with Crippen LogP contribution in [0.25, 0.3) is 0 Å². The first kappa shape index (κ1) is 19.9.